The first-order valence-corrected chi connectivity index (χ1v) is 5.49. The molecule has 0 aromatic carbocycles. The Morgan fingerprint density at radius 1 is 1.44 bits per heavy atom. The lowest BCUT2D eigenvalue weighted by molar-refractivity contribution is 0.162. The quantitative estimate of drug-likeness (QED) is 0.826. The van der Waals surface area contributed by atoms with Crippen molar-refractivity contribution in [3.8, 4) is 5.88 Å². The highest BCUT2D eigenvalue weighted by Crippen LogP contribution is 2.23. The summed E-state index contributed by atoms with van der Waals surface area (Å²) in [5.41, 5.74) is 0.578. The molecule has 1 aliphatic heterocycles. The zero-order valence-corrected chi connectivity index (χ0v) is 8.85. The molecule has 0 radical (unpaired) electrons. The number of hydrogen-bond acceptors (Lipinski definition) is 5. The Bertz CT molecular complexity index is 477. The lowest BCUT2D eigenvalue weighted by Crippen LogP contribution is -2.37. The largest absolute Gasteiger partial charge is 0.472 e. The standard InChI is InChI=1S/C11H13N3O2/c1-2-8(6-12-4-1)16-11-9-3-5-15-10(9)13-7-14-11/h3,5,7-8,12H,1-2,4,6H2. The molecule has 0 aliphatic carbocycles. The Balaban J connectivity index is 1.85. The Kier molecular flexibility index (Phi) is 2.46. The fourth-order valence-corrected chi connectivity index (χ4v) is 1.94. The van der Waals surface area contributed by atoms with E-state index in [0.717, 1.165) is 31.3 Å². The summed E-state index contributed by atoms with van der Waals surface area (Å²) in [5.74, 6) is 0.618. The summed E-state index contributed by atoms with van der Waals surface area (Å²) < 4.78 is 11.1. The number of furan rings is 1. The van der Waals surface area contributed by atoms with Gasteiger partial charge in [0.15, 0.2) is 0 Å². The summed E-state index contributed by atoms with van der Waals surface area (Å²) in [4.78, 5) is 8.17. The van der Waals surface area contributed by atoms with Crippen LogP contribution in [0.3, 0.4) is 0 Å². The topological polar surface area (TPSA) is 60.2 Å². The maximum atomic E-state index is 5.85. The van der Waals surface area contributed by atoms with Crippen LogP contribution in [0, 0.1) is 0 Å². The van der Waals surface area contributed by atoms with Gasteiger partial charge in [0.2, 0.25) is 11.6 Å². The van der Waals surface area contributed by atoms with Crippen molar-refractivity contribution >= 4 is 11.1 Å². The monoisotopic (exact) mass is 219 g/mol. The van der Waals surface area contributed by atoms with E-state index in [0.29, 0.717) is 11.6 Å². The van der Waals surface area contributed by atoms with Gasteiger partial charge >= 0.3 is 0 Å². The first kappa shape index (κ1) is 9.59. The van der Waals surface area contributed by atoms with Crippen molar-refractivity contribution in [2.24, 2.45) is 0 Å². The van der Waals surface area contributed by atoms with Crippen LogP contribution in [0.15, 0.2) is 23.1 Å². The predicted octanol–water partition coefficient (Wildman–Crippen LogP) is 1.35. The van der Waals surface area contributed by atoms with E-state index in [-0.39, 0.29) is 6.10 Å². The van der Waals surface area contributed by atoms with Gasteiger partial charge in [0.1, 0.15) is 17.8 Å². The van der Waals surface area contributed by atoms with Crippen LogP contribution in [-0.2, 0) is 0 Å². The summed E-state index contributed by atoms with van der Waals surface area (Å²) in [6, 6.07) is 1.83. The molecule has 0 spiro atoms. The van der Waals surface area contributed by atoms with Gasteiger partial charge in [-0.25, -0.2) is 9.97 Å². The molecule has 5 heteroatoms. The average molecular weight is 219 g/mol. The second kappa shape index (κ2) is 4.09. The van der Waals surface area contributed by atoms with Crippen molar-refractivity contribution in [3.63, 3.8) is 0 Å². The van der Waals surface area contributed by atoms with Crippen LogP contribution in [0.4, 0.5) is 0 Å². The summed E-state index contributed by atoms with van der Waals surface area (Å²) in [7, 11) is 0. The molecule has 1 fully saturated rings. The van der Waals surface area contributed by atoms with Gasteiger partial charge in [0, 0.05) is 6.54 Å². The van der Waals surface area contributed by atoms with Crippen LogP contribution in [0.1, 0.15) is 12.8 Å². The zero-order valence-electron chi connectivity index (χ0n) is 8.85. The molecule has 1 saturated heterocycles. The number of fused-ring (bicyclic) bond motifs is 1. The lowest BCUT2D eigenvalue weighted by Gasteiger charge is -2.23. The Morgan fingerprint density at radius 2 is 2.44 bits per heavy atom. The second-order valence-corrected chi connectivity index (χ2v) is 3.90. The van der Waals surface area contributed by atoms with E-state index < -0.39 is 0 Å². The molecule has 3 rings (SSSR count). The molecular formula is C11H13N3O2. The number of aromatic nitrogens is 2. The number of rotatable bonds is 2. The highest BCUT2D eigenvalue weighted by molar-refractivity contribution is 5.78. The van der Waals surface area contributed by atoms with Crippen molar-refractivity contribution in [2.75, 3.05) is 13.1 Å². The highest BCUT2D eigenvalue weighted by atomic mass is 16.5. The third-order valence-corrected chi connectivity index (χ3v) is 2.76. The third kappa shape index (κ3) is 1.74. The highest BCUT2D eigenvalue weighted by Gasteiger charge is 2.17. The SMILES string of the molecule is c1nc(OC2CCCNC2)c2ccoc2n1. The maximum Gasteiger partial charge on any atom is 0.232 e. The van der Waals surface area contributed by atoms with Gasteiger partial charge in [0.05, 0.1) is 6.26 Å². The molecule has 0 saturated carbocycles. The number of hydrogen-bond donors (Lipinski definition) is 1. The van der Waals surface area contributed by atoms with Crippen LogP contribution in [-0.4, -0.2) is 29.2 Å². The molecule has 0 bridgehead atoms. The normalized spacial score (nSPS) is 21.1. The third-order valence-electron chi connectivity index (χ3n) is 2.76. The van der Waals surface area contributed by atoms with E-state index >= 15 is 0 Å². The van der Waals surface area contributed by atoms with Gasteiger partial charge in [-0.2, -0.15) is 0 Å². The van der Waals surface area contributed by atoms with E-state index in [1.54, 1.807) is 6.26 Å². The molecule has 0 amide bonds. The number of piperidine rings is 1. The zero-order chi connectivity index (χ0) is 10.8. The van der Waals surface area contributed by atoms with Crippen LogP contribution in [0.5, 0.6) is 5.88 Å². The number of nitrogens with zero attached hydrogens (tertiary/aromatic N) is 2. The van der Waals surface area contributed by atoms with Gasteiger partial charge in [0.25, 0.3) is 0 Å². The molecule has 1 N–H and O–H groups in total. The number of ether oxygens (including phenoxy) is 1. The first-order valence-electron chi connectivity index (χ1n) is 5.49. The van der Waals surface area contributed by atoms with Gasteiger partial charge in [-0.3, -0.25) is 0 Å². The van der Waals surface area contributed by atoms with E-state index in [1.165, 1.54) is 6.33 Å². The molecule has 16 heavy (non-hydrogen) atoms. The van der Waals surface area contributed by atoms with Crippen LogP contribution < -0.4 is 10.1 Å². The minimum atomic E-state index is 0.196. The predicted molar refractivity (Wildman–Crippen MR) is 58.3 cm³/mol. The summed E-state index contributed by atoms with van der Waals surface area (Å²) >= 11 is 0. The minimum absolute atomic E-state index is 0.196. The van der Waals surface area contributed by atoms with Gasteiger partial charge in [-0.15, -0.1) is 0 Å². The summed E-state index contributed by atoms with van der Waals surface area (Å²) in [6.45, 7) is 1.95. The van der Waals surface area contributed by atoms with Crippen LogP contribution in [0.2, 0.25) is 0 Å². The summed E-state index contributed by atoms with van der Waals surface area (Å²) in [6.07, 6.45) is 5.48. The van der Waals surface area contributed by atoms with Crippen LogP contribution >= 0.6 is 0 Å². The Hall–Kier alpha value is -1.62. The van der Waals surface area contributed by atoms with Crippen molar-refractivity contribution in [3.05, 3.63) is 18.7 Å². The molecule has 3 heterocycles. The molecule has 1 aliphatic rings. The fourth-order valence-electron chi connectivity index (χ4n) is 1.94. The van der Waals surface area contributed by atoms with Crippen molar-refractivity contribution in [2.45, 2.75) is 18.9 Å². The molecule has 5 nitrogen and oxygen atoms in total. The smallest absolute Gasteiger partial charge is 0.232 e. The van der Waals surface area contributed by atoms with Crippen molar-refractivity contribution in [1.29, 1.82) is 0 Å². The minimum Gasteiger partial charge on any atom is -0.472 e. The van der Waals surface area contributed by atoms with Gasteiger partial charge in [-0.1, -0.05) is 0 Å². The van der Waals surface area contributed by atoms with E-state index in [4.69, 9.17) is 9.15 Å². The van der Waals surface area contributed by atoms with Crippen molar-refractivity contribution < 1.29 is 9.15 Å². The van der Waals surface area contributed by atoms with Crippen LogP contribution in [0.25, 0.3) is 11.1 Å². The lowest BCUT2D eigenvalue weighted by atomic mass is 10.1. The fraction of sp³-hybridized carbons (Fsp3) is 0.455. The van der Waals surface area contributed by atoms with E-state index in [1.807, 2.05) is 6.07 Å². The van der Waals surface area contributed by atoms with Gasteiger partial charge < -0.3 is 14.5 Å². The van der Waals surface area contributed by atoms with E-state index in [2.05, 4.69) is 15.3 Å². The molecule has 84 valence electrons. The Labute approximate surface area is 92.8 Å². The first-order chi connectivity index (χ1) is 7.93. The Morgan fingerprint density at radius 3 is 3.31 bits per heavy atom. The summed E-state index contributed by atoms with van der Waals surface area (Å²) in [5, 5.41) is 4.15. The molecule has 1 atom stereocenters. The molecular weight excluding hydrogens is 206 g/mol. The molecule has 2 aromatic heterocycles. The molecule has 2 aromatic rings. The van der Waals surface area contributed by atoms with Gasteiger partial charge in [-0.05, 0) is 25.5 Å². The van der Waals surface area contributed by atoms with Crippen molar-refractivity contribution in [1.82, 2.24) is 15.3 Å². The second-order valence-electron chi connectivity index (χ2n) is 3.90. The van der Waals surface area contributed by atoms with E-state index in [9.17, 15) is 0 Å². The average Bonchev–Trinajstić information content (AvgIpc) is 2.80. The molecule has 1 unspecified atom stereocenters. The maximum absolute atomic E-state index is 5.85. The number of nitrogens with one attached hydrogen (secondary N) is 1.